The van der Waals surface area contributed by atoms with Crippen molar-refractivity contribution in [2.45, 2.75) is 0 Å². The zero-order valence-corrected chi connectivity index (χ0v) is 30.6. The maximum absolute atomic E-state index is 6.82. The van der Waals surface area contributed by atoms with Gasteiger partial charge >= 0.3 is 0 Å². The molecular weight excluding hydrogens is 679 g/mol. The number of anilines is 3. The summed E-state index contributed by atoms with van der Waals surface area (Å²) in [5.41, 5.74) is 12.1. The Bertz CT molecular complexity index is 3250. The van der Waals surface area contributed by atoms with Crippen molar-refractivity contribution >= 4 is 71.3 Å². The smallest absolute Gasteiger partial charge is 0.143 e. The second-order valence-electron chi connectivity index (χ2n) is 14.5. The van der Waals surface area contributed by atoms with Crippen LogP contribution in [0.3, 0.4) is 0 Å². The van der Waals surface area contributed by atoms with E-state index in [2.05, 4.69) is 217 Å². The molecule has 0 amide bonds. The van der Waals surface area contributed by atoms with E-state index in [1.807, 2.05) is 0 Å². The maximum atomic E-state index is 6.82. The van der Waals surface area contributed by atoms with E-state index in [0.29, 0.717) is 0 Å². The van der Waals surface area contributed by atoms with Crippen molar-refractivity contribution in [3.8, 4) is 33.4 Å². The minimum absolute atomic E-state index is 0.881. The highest BCUT2D eigenvalue weighted by molar-refractivity contribution is 6.22. The first-order valence-electron chi connectivity index (χ1n) is 19.2. The van der Waals surface area contributed by atoms with Crippen LogP contribution in [0.5, 0.6) is 0 Å². The van der Waals surface area contributed by atoms with Crippen LogP contribution in [0.1, 0.15) is 0 Å². The van der Waals surface area contributed by atoms with Crippen molar-refractivity contribution in [3.05, 3.63) is 212 Å². The lowest BCUT2D eigenvalue weighted by Gasteiger charge is -2.28. The van der Waals surface area contributed by atoms with E-state index in [-0.39, 0.29) is 0 Å². The Morgan fingerprint density at radius 1 is 0.321 bits per heavy atom. The zero-order chi connectivity index (χ0) is 37.0. The van der Waals surface area contributed by atoms with Gasteiger partial charge in [0.05, 0.1) is 5.69 Å². The Balaban J connectivity index is 1.15. The lowest BCUT2D eigenvalue weighted by Crippen LogP contribution is -2.10. The van der Waals surface area contributed by atoms with Crippen molar-refractivity contribution in [3.63, 3.8) is 0 Å². The van der Waals surface area contributed by atoms with Gasteiger partial charge in [0.1, 0.15) is 11.2 Å². The van der Waals surface area contributed by atoms with Gasteiger partial charge in [-0.3, -0.25) is 0 Å². The van der Waals surface area contributed by atoms with Gasteiger partial charge in [-0.05, 0) is 97.4 Å². The number of hydrogen-bond acceptors (Lipinski definition) is 2. The van der Waals surface area contributed by atoms with Crippen molar-refractivity contribution < 1.29 is 4.42 Å². The Morgan fingerprint density at radius 3 is 1.68 bits per heavy atom. The van der Waals surface area contributed by atoms with Gasteiger partial charge in [-0.1, -0.05) is 170 Å². The Hall–Kier alpha value is -7.42. The second-order valence-corrected chi connectivity index (χ2v) is 14.5. The molecule has 0 aliphatic rings. The van der Waals surface area contributed by atoms with Crippen LogP contribution in [0.2, 0.25) is 0 Å². The van der Waals surface area contributed by atoms with Gasteiger partial charge in [-0.25, -0.2) is 0 Å². The highest BCUT2D eigenvalue weighted by Gasteiger charge is 2.22. The standard InChI is InChI=1S/C54H35NO/c1-2-12-36(13-3-1)39-24-26-40(27-25-39)43-18-10-19-45(33-43)55(46-31-30-38-15-5-7-17-42(38)34-46)51-35-50-53-47(44-29-28-37-14-4-6-16-41(37)32-44)22-11-23-52(53)56-54(50)49-21-9-8-20-48(49)51/h1-35H. The Morgan fingerprint density at radius 2 is 0.893 bits per heavy atom. The molecule has 1 heterocycles. The Labute approximate surface area is 325 Å². The maximum Gasteiger partial charge on any atom is 0.143 e. The fourth-order valence-electron chi connectivity index (χ4n) is 8.46. The first-order valence-corrected chi connectivity index (χ1v) is 19.2. The van der Waals surface area contributed by atoms with E-state index in [4.69, 9.17) is 4.42 Å². The first kappa shape index (κ1) is 32.0. The number of rotatable bonds is 6. The summed E-state index contributed by atoms with van der Waals surface area (Å²) in [6.45, 7) is 0. The van der Waals surface area contributed by atoms with Gasteiger partial charge in [-0.2, -0.15) is 0 Å². The molecule has 2 heteroatoms. The molecule has 0 aliphatic heterocycles. The highest BCUT2D eigenvalue weighted by Crippen LogP contribution is 2.47. The van der Waals surface area contributed by atoms with E-state index < -0.39 is 0 Å². The lowest BCUT2D eigenvalue weighted by molar-refractivity contribution is 0.673. The van der Waals surface area contributed by atoms with Crippen LogP contribution in [-0.4, -0.2) is 0 Å². The van der Waals surface area contributed by atoms with Crippen molar-refractivity contribution in [1.82, 2.24) is 0 Å². The molecule has 2 nitrogen and oxygen atoms in total. The molecule has 0 saturated heterocycles. The number of hydrogen-bond donors (Lipinski definition) is 0. The third-order valence-corrected chi connectivity index (χ3v) is 11.2. The van der Waals surface area contributed by atoms with E-state index in [1.165, 1.54) is 43.8 Å². The normalized spacial score (nSPS) is 11.6. The van der Waals surface area contributed by atoms with Gasteiger partial charge in [0.15, 0.2) is 0 Å². The molecule has 0 spiro atoms. The zero-order valence-electron chi connectivity index (χ0n) is 30.6. The molecule has 56 heavy (non-hydrogen) atoms. The molecule has 262 valence electrons. The van der Waals surface area contributed by atoms with E-state index in [1.54, 1.807) is 0 Å². The first-order chi connectivity index (χ1) is 27.7. The number of benzene rings is 10. The average molecular weight is 714 g/mol. The fraction of sp³-hybridized carbons (Fsp3) is 0. The van der Waals surface area contributed by atoms with Gasteiger partial charge in [0.25, 0.3) is 0 Å². The van der Waals surface area contributed by atoms with Gasteiger partial charge in [0.2, 0.25) is 0 Å². The molecule has 1 aromatic heterocycles. The number of furan rings is 1. The molecule has 0 saturated carbocycles. The minimum Gasteiger partial charge on any atom is -0.455 e. The summed E-state index contributed by atoms with van der Waals surface area (Å²) >= 11 is 0. The van der Waals surface area contributed by atoms with Crippen LogP contribution in [0.15, 0.2) is 217 Å². The molecule has 11 rings (SSSR count). The van der Waals surface area contributed by atoms with Crippen LogP contribution in [-0.2, 0) is 0 Å². The largest absolute Gasteiger partial charge is 0.455 e. The van der Waals surface area contributed by atoms with Gasteiger partial charge in [0, 0.05) is 32.9 Å². The van der Waals surface area contributed by atoms with Crippen LogP contribution < -0.4 is 4.90 Å². The number of nitrogens with zero attached hydrogens (tertiary/aromatic N) is 1. The van der Waals surface area contributed by atoms with Gasteiger partial charge < -0.3 is 9.32 Å². The van der Waals surface area contributed by atoms with E-state index in [0.717, 1.165) is 60.9 Å². The summed E-state index contributed by atoms with van der Waals surface area (Å²) in [6, 6.07) is 76.5. The van der Waals surface area contributed by atoms with E-state index >= 15 is 0 Å². The van der Waals surface area contributed by atoms with Crippen LogP contribution in [0.4, 0.5) is 17.1 Å². The third-order valence-electron chi connectivity index (χ3n) is 11.2. The lowest BCUT2D eigenvalue weighted by atomic mass is 9.95. The molecule has 11 aromatic rings. The van der Waals surface area contributed by atoms with Gasteiger partial charge in [-0.15, -0.1) is 0 Å². The van der Waals surface area contributed by atoms with Crippen molar-refractivity contribution in [2.75, 3.05) is 4.90 Å². The molecule has 0 bridgehead atoms. The SMILES string of the molecule is c1ccc(-c2ccc(-c3cccc(N(c4ccc5ccccc5c4)c4cc5c(oc6cccc(-c7ccc8ccccc8c7)c65)c5ccccc45)c3)cc2)cc1. The van der Waals surface area contributed by atoms with Crippen molar-refractivity contribution in [1.29, 1.82) is 0 Å². The summed E-state index contributed by atoms with van der Waals surface area (Å²) in [4.78, 5) is 2.42. The molecule has 0 aliphatic carbocycles. The minimum atomic E-state index is 0.881. The van der Waals surface area contributed by atoms with E-state index in [9.17, 15) is 0 Å². The summed E-state index contributed by atoms with van der Waals surface area (Å²) < 4.78 is 6.82. The highest BCUT2D eigenvalue weighted by atomic mass is 16.3. The topological polar surface area (TPSA) is 16.4 Å². The summed E-state index contributed by atoms with van der Waals surface area (Å²) in [7, 11) is 0. The monoisotopic (exact) mass is 713 g/mol. The molecular formula is C54H35NO. The number of fused-ring (bicyclic) bond motifs is 7. The van der Waals surface area contributed by atoms with Crippen LogP contribution in [0.25, 0.3) is 87.6 Å². The summed E-state index contributed by atoms with van der Waals surface area (Å²) in [5, 5.41) is 9.28. The quantitative estimate of drug-likeness (QED) is 0.171. The third kappa shape index (κ3) is 5.42. The van der Waals surface area contributed by atoms with Crippen LogP contribution >= 0.6 is 0 Å². The fourth-order valence-corrected chi connectivity index (χ4v) is 8.46. The van der Waals surface area contributed by atoms with Crippen LogP contribution in [0, 0.1) is 0 Å². The molecule has 0 N–H and O–H groups in total. The molecule has 0 atom stereocenters. The predicted molar refractivity (Wildman–Crippen MR) is 237 cm³/mol. The second kappa shape index (κ2) is 13.2. The summed E-state index contributed by atoms with van der Waals surface area (Å²) in [6.07, 6.45) is 0. The van der Waals surface area contributed by atoms with Crippen molar-refractivity contribution in [2.24, 2.45) is 0 Å². The summed E-state index contributed by atoms with van der Waals surface area (Å²) in [5.74, 6) is 0. The molecule has 0 unspecified atom stereocenters. The Kier molecular flexibility index (Phi) is 7.53. The average Bonchev–Trinajstić information content (AvgIpc) is 3.66. The molecule has 0 radical (unpaired) electrons. The predicted octanol–water partition coefficient (Wildman–Crippen LogP) is 15.5. The molecule has 10 aromatic carbocycles. The molecule has 0 fully saturated rings.